The lowest BCUT2D eigenvalue weighted by atomic mass is 9.79. The summed E-state index contributed by atoms with van der Waals surface area (Å²) < 4.78 is 32.4. The maximum absolute atomic E-state index is 13.0. The van der Waals surface area contributed by atoms with E-state index in [0.29, 0.717) is 23.5 Å². The third-order valence-electron chi connectivity index (χ3n) is 6.31. The molecule has 34 heavy (non-hydrogen) atoms. The Kier molecular flexibility index (Phi) is 5.74. The third kappa shape index (κ3) is 4.75. The molecular weight excluding hydrogens is 448 g/mol. The Hall–Kier alpha value is -3.44. The third-order valence-corrected chi connectivity index (χ3v) is 6.31. The average Bonchev–Trinajstić information content (AvgIpc) is 3.35. The molecule has 0 radical (unpaired) electrons. The van der Waals surface area contributed by atoms with Crippen LogP contribution in [0.15, 0.2) is 23.1 Å². The van der Waals surface area contributed by atoms with Crippen molar-refractivity contribution in [2.24, 2.45) is 5.92 Å². The Bertz CT molecular complexity index is 1210. The number of carbonyl (C=O) groups is 2. The van der Waals surface area contributed by atoms with Crippen molar-refractivity contribution in [3.8, 4) is 0 Å². The molecule has 180 valence electrons. The molecule has 0 aliphatic heterocycles. The highest BCUT2D eigenvalue weighted by Gasteiger charge is 2.45. The van der Waals surface area contributed by atoms with Gasteiger partial charge in [-0.2, -0.15) is 5.10 Å². The van der Waals surface area contributed by atoms with E-state index >= 15 is 0 Å². The van der Waals surface area contributed by atoms with Gasteiger partial charge in [-0.3, -0.25) is 9.59 Å². The number of amides is 2. The first kappa shape index (κ1) is 22.4. The van der Waals surface area contributed by atoms with Gasteiger partial charge in [-0.1, -0.05) is 12.1 Å². The second-order valence-corrected chi connectivity index (χ2v) is 9.14. The van der Waals surface area contributed by atoms with Crippen LogP contribution in [0.3, 0.4) is 0 Å². The molecule has 0 aromatic carbocycles. The fourth-order valence-electron chi connectivity index (χ4n) is 4.31. The summed E-state index contributed by atoms with van der Waals surface area (Å²) in [7, 11) is 0. The van der Waals surface area contributed by atoms with Crippen LogP contribution in [-0.2, 0) is 11.3 Å². The standard InChI is InChI=1S/C22H25F2N7O3/c1-2-16(28-18(32)5-12-7-22(23,24)8-12)14-6-17-27-15(11-31(17)26-9-14)10-25-21(33)20-19(13-3-4-13)29-34-30-20/h6,9,11-13,16H,2-5,7-8,10H2,1H3,(H,25,33)(H,28,32)/t16-/m0/s1. The molecule has 2 aliphatic rings. The molecule has 2 amide bonds. The van der Waals surface area contributed by atoms with Crippen LogP contribution in [0.4, 0.5) is 8.78 Å². The Balaban J connectivity index is 1.20. The molecular formula is C22H25F2N7O3. The van der Waals surface area contributed by atoms with E-state index in [0.717, 1.165) is 18.4 Å². The van der Waals surface area contributed by atoms with Crippen molar-refractivity contribution in [2.75, 3.05) is 0 Å². The van der Waals surface area contributed by atoms with Crippen LogP contribution in [0.1, 0.15) is 84.8 Å². The SMILES string of the molecule is CC[C@H](NC(=O)CC1CC(F)(F)C1)c1cnn2cc(CNC(=O)c3nonc3C3CC3)nc2c1. The van der Waals surface area contributed by atoms with Crippen LogP contribution in [0.25, 0.3) is 5.65 Å². The summed E-state index contributed by atoms with van der Waals surface area (Å²) in [6.07, 6.45) is 5.56. The molecule has 2 aliphatic carbocycles. The van der Waals surface area contributed by atoms with Crippen LogP contribution < -0.4 is 10.6 Å². The van der Waals surface area contributed by atoms with E-state index in [1.54, 1.807) is 16.9 Å². The van der Waals surface area contributed by atoms with Gasteiger partial charge in [0.1, 0.15) is 5.69 Å². The van der Waals surface area contributed by atoms with Crippen molar-refractivity contribution in [1.82, 2.24) is 35.5 Å². The molecule has 0 spiro atoms. The molecule has 3 aromatic rings. The number of carbonyl (C=O) groups excluding carboxylic acids is 2. The number of imidazole rings is 1. The van der Waals surface area contributed by atoms with Gasteiger partial charge in [-0.25, -0.2) is 22.9 Å². The van der Waals surface area contributed by atoms with Gasteiger partial charge in [0.25, 0.3) is 5.91 Å². The van der Waals surface area contributed by atoms with Gasteiger partial charge >= 0.3 is 0 Å². The molecule has 1 atom stereocenters. The number of nitrogens with one attached hydrogen (secondary N) is 2. The Morgan fingerprint density at radius 3 is 2.79 bits per heavy atom. The molecule has 0 bridgehead atoms. The number of nitrogens with zero attached hydrogens (tertiary/aromatic N) is 5. The van der Waals surface area contributed by atoms with Crippen molar-refractivity contribution in [2.45, 2.75) is 69.9 Å². The highest BCUT2D eigenvalue weighted by Crippen LogP contribution is 2.44. The summed E-state index contributed by atoms with van der Waals surface area (Å²) in [5.41, 5.74) is 2.74. The summed E-state index contributed by atoms with van der Waals surface area (Å²) in [6.45, 7) is 2.10. The van der Waals surface area contributed by atoms with E-state index in [1.165, 1.54) is 0 Å². The fraction of sp³-hybridized carbons (Fsp3) is 0.545. The number of hydrogen-bond acceptors (Lipinski definition) is 7. The van der Waals surface area contributed by atoms with Crippen molar-refractivity contribution >= 4 is 17.5 Å². The number of hydrogen-bond donors (Lipinski definition) is 2. The molecule has 12 heteroatoms. The van der Waals surface area contributed by atoms with Gasteiger partial charge in [0, 0.05) is 25.2 Å². The molecule has 5 rings (SSSR count). The molecule has 3 aromatic heterocycles. The van der Waals surface area contributed by atoms with Gasteiger partial charge in [0.05, 0.1) is 30.7 Å². The largest absolute Gasteiger partial charge is 0.349 e. The lowest BCUT2D eigenvalue weighted by Gasteiger charge is -2.34. The van der Waals surface area contributed by atoms with E-state index in [2.05, 4.69) is 31.0 Å². The van der Waals surface area contributed by atoms with Crippen LogP contribution in [-0.4, -0.2) is 42.6 Å². The van der Waals surface area contributed by atoms with E-state index in [9.17, 15) is 18.4 Å². The molecule has 0 unspecified atom stereocenters. The molecule has 2 saturated carbocycles. The monoisotopic (exact) mass is 473 g/mol. The lowest BCUT2D eigenvalue weighted by molar-refractivity contribution is -0.134. The zero-order chi connectivity index (χ0) is 23.9. The van der Waals surface area contributed by atoms with Gasteiger partial charge in [-0.05, 0) is 42.0 Å². The van der Waals surface area contributed by atoms with Crippen molar-refractivity contribution in [1.29, 1.82) is 0 Å². The van der Waals surface area contributed by atoms with E-state index < -0.39 is 5.92 Å². The quantitative estimate of drug-likeness (QED) is 0.489. The minimum atomic E-state index is -2.63. The zero-order valence-electron chi connectivity index (χ0n) is 18.6. The highest BCUT2D eigenvalue weighted by atomic mass is 19.3. The van der Waals surface area contributed by atoms with Gasteiger partial charge < -0.3 is 10.6 Å². The van der Waals surface area contributed by atoms with Crippen LogP contribution in [0.5, 0.6) is 0 Å². The summed E-state index contributed by atoms with van der Waals surface area (Å²) in [5, 5.41) is 17.6. The minimum Gasteiger partial charge on any atom is -0.349 e. The zero-order valence-corrected chi connectivity index (χ0v) is 18.6. The number of aromatic nitrogens is 5. The van der Waals surface area contributed by atoms with Crippen LogP contribution in [0.2, 0.25) is 0 Å². The fourth-order valence-corrected chi connectivity index (χ4v) is 4.31. The number of rotatable bonds is 9. The molecule has 3 heterocycles. The van der Waals surface area contributed by atoms with Crippen LogP contribution >= 0.6 is 0 Å². The van der Waals surface area contributed by atoms with Gasteiger partial charge in [0.2, 0.25) is 11.8 Å². The molecule has 2 fully saturated rings. The maximum Gasteiger partial charge on any atom is 0.275 e. The Morgan fingerprint density at radius 1 is 1.29 bits per heavy atom. The number of halogens is 2. The van der Waals surface area contributed by atoms with Gasteiger partial charge in [0.15, 0.2) is 11.3 Å². The number of fused-ring (bicyclic) bond motifs is 1. The lowest BCUT2D eigenvalue weighted by Crippen LogP contribution is -2.39. The minimum absolute atomic E-state index is 0.0957. The predicted octanol–water partition coefficient (Wildman–Crippen LogP) is 2.92. The van der Waals surface area contributed by atoms with Crippen molar-refractivity contribution in [3.63, 3.8) is 0 Å². The Morgan fingerprint density at radius 2 is 2.09 bits per heavy atom. The molecule has 2 N–H and O–H groups in total. The summed E-state index contributed by atoms with van der Waals surface area (Å²) in [6, 6.07) is 1.52. The van der Waals surface area contributed by atoms with E-state index in [-0.39, 0.29) is 61.2 Å². The smallest absolute Gasteiger partial charge is 0.275 e. The molecule has 0 saturated heterocycles. The second kappa shape index (κ2) is 8.73. The normalized spacial score (nSPS) is 18.4. The highest BCUT2D eigenvalue weighted by molar-refractivity contribution is 5.93. The second-order valence-electron chi connectivity index (χ2n) is 9.14. The topological polar surface area (TPSA) is 127 Å². The summed E-state index contributed by atoms with van der Waals surface area (Å²) >= 11 is 0. The first-order valence-electron chi connectivity index (χ1n) is 11.4. The number of alkyl halides is 2. The summed E-state index contributed by atoms with van der Waals surface area (Å²) in [5.74, 6) is -3.27. The van der Waals surface area contributed by atoms with E-state index in [1.807, 2.05) is 13.0 Å². The van der Waals surface area contributed by atoms with E-state index in [4.69, 9.17) is 4.63 Å². The van der Waals surface area contributed by atoms with Crippen molar-refractivity contribution < 1.29 is 23.0 Å². The first-order chi connectivity index (χ1) is 16.3. The molecule has 10 nitrogen and oxygen atoms in total. The Labute approximate surface area is 193 Å². The average molecular weight is 473 g/mol. The predicted molar refractivity (Wildman–Crippen MR) is 114 cm³/mol. The van der Waals surface area contributed by atoms with Crippen molar-refractivity contribution in [3.05, 3.63) is 41.1 Å². The van der Waals surface area contributed by atoms with Gasteiger partial charge in [-0.15, -0.1) is 0 Å². The maximum atomic E-state index is 13.0. The van der Waals surface area contributed by atoms with Crippen LogP contribution in [0, 0.1) is 5.92 Å². The first-order valence-corrected chi connectivity index (χ1v) is 11.4. The summed E-state index contributed by atoms with van der Waals surface area (Å²) in [4.78, 5) is 29.3.